The first-order valence-corrected chi connectivity index (χ1v) is 12.1. The molecule has 0 saturated carbocycles. The summed E-state index contributed by atoms with van der Waals surface area (Å²) in [6, 6.07) is 11.0. The summed E-state index contributed by atoms with van der Waals surface area (Å²) in [5.41, 5.74) is 1.47. The number of amides is 1. The van der Waals surface area contributed by atoms with Crippen LogP contribution >= 0.6 is 24.0 Å². The van der Waals surface area contributed by atoms with E-state index in [4.69, 9.17) is 21.7 Å². The van der Waals surface area contributed by atoms with Crippen molar-refractivity contribution in [3.05, 3.63) is 69.0 Å². The van der Waals surface area contributed by atoms with Crippen LogP contribution in [-0.4, -0.2) is 37.3 Å². The summed E-state index contributed by atoms with van der Waals surface area (Å²) >= 11 is 6.65. The first-order chi connectivity index (χ1) is 16.5. The van der Waals surface area contributed by atoms with Crippen molar-refractivity contribution in [2.24, 2.45) is 0 Å². The third kappa shape index (κ3) is 4.03. The maximum absolute atomic E-state index is 13.4. The van der Waals surface area contributed by atoms with Crippen molar-refractivity contribution in [3.63, 3.8) is 0 Å². The zero-order valence-corrected chi connectivity index (χ0v) is 20.2. The molecule has 34 heavy (non-hydrogen) atoms. The van der Waals surface area contributed by atoms with Gasteiger partial charge < -0.3 is 14.8 Å². The van der Waals surface area contributed by atoms with E-state index in [-0.39, 0.29) is 24.3 Å². The van der Waals surface area contributed by atoms with Crippen LogP contribution in [0.15, 0.2) is 52.3 Å². The number of fused-ring (bicyclic) bond motifs is 2. The van der Waals surface area contributed by atoms with Crippen LogP contribution in [0.3, 0.4) is 0 Å². The van der Waals surface area contributed by atoms with Gasteiger partial charge in [0.15, 0.2) is 11.5 Å². The van der Waals surface area contributed by atoms with Gasteiger partial charge in [0.05, 0.1) is 10.5 Å². The third-order valence-electron chi connectivity index (χ3n) is 5.80. The van der Waals surface area contributed by atoms with Crippen molar-refractivity contribution < 1.29 is 14.3 Å². The maximum atomic E-state index is 13.4. The number of nitrogens with zero attached hydrogens (tertiary/aromatic N) is 3. The average molecular weight is 495 g/mol. The highest BCUT2D eigenvalue weighted by atomic mass is 32.2. The molecule has 0 spiro atoms. The highest BCUT2D eigenvalue weighted by Crippen LogP contribution is 2.35. The van der Waals surface area contributed by atoms with Gasteiger partial charge in [0, 0.05) is 18.8 Å². The first kappa shape index (κ1) is 22.4. The van der Waals surface area contributed by atoms with Gasteiger partial charge in [0.25, 0.3) is 11.5 Å². The van der Waals surface area contributed by atoms with E-state index in [0.29, 0.717) is 44.3 Å². The van der Waals surface area contributed by atoms with Crippen LogP contribution in [-0.2, 0) is 11.3 Å². The Morgan fingerprint density at radius 3 is 2.88 bits per heavy atom. The smallest absolute Gasteiger partial charge is 0.267 e. The molecule has 0 radical (unpaired) electrons. The number of nitrogens with one attached hydrogen (secondary N) is 1. The Bertz CT molecular complexity index is 1400. The summed E-state index contributed by atoms with van der Waals surface area (Å²) in [5.74, 6) is 1.58. The fourth-order valence-electron chi connectivity index (χ4n) is 3.78. The van der Waals surface area contributed by atoms with Crippen LogP contribution in [0.1, 0.15) is 31.4 Å². The molecule has 3 aromatic rings. The predicted molar refractivity (Wildman–Crippen MR) is 136 cm³/mol. The van der Waals surface area contributed by atoms with E-state index in [1.54, 1.807) is 29.3 Å². The van der Waals surface area contributed by atoms with Crippen molar-refractivity contribution in [3.8, 4) is 11.5 Å². The van der Waals surface area contributed by atoms with Crippen LogP contribution in [0.4, 0.5) is 5.82 Å². The first-order valence-electron chi connectivity index (χ1n) is 10.9. The van der Waals surface area contributed by atoms with E-state index < -0.39 is 0 Å². The summed E-state index contributed by atoms with van der Waals surface area (Å²) in [7, 11) is 0. The van der Waals surface area contributed by atoms with Crippen LogP contribution in [0.5, 0.6) is 11.5 Å². The molecule has 1 atom stereocenters. The molecule has 0 bridgehead atoms. The second-order valence-electron chi connectivity index (χ2n) is 7.96. The number of hydrogen-bond donors (Lipinski definition) is 1. The Balaban J connectivity index is 1.53. The number of carbonyl (C=O) groups is 1. The second kappa shape index (κ2) is 9.11. The maximum Gasteiger partial charge on any atom is 0.267 e. The minimum absolute atomic E-state index is 0.0159. The fraction of sp³-hybridized carbons (Fsp3) is 0.250. The van der Waals surface area contributed by atoms with E-state index in [9.17, 15) is 9.59 Å². The van der Waals surface area contributed by atoms with E-state index in [2.05, 4.69) is 10.3 Å². The van der Waals surface area contributed by atoms with Gasteiger partial charge in [0.2, 0.25) is 6.79 Å². The molecule has 2 aliphatic rings. The average Bonchev–Trinajstić information content (AvgIpc) is 3.42. The number of carbonyl (C=O) groups excluding carboxylic acids is 1. The number of rotatable bonds is 6. The number of benzene rings is 1. The molecule has 1 fully saturated rings. The summed E-state index contributed by atoms with van der Waals surface area (Å²) in [4.78, 5) is 33.1. The van der Waals surface area contributed by atoms with E-state index >= 15 is 0 Å². The molecule has 1 aromatic carbocycles. The lowest BCUT2D eigenvalue weighted by Gasteiger charge is -2.21. The molecule has 1 saturated heterocycles. The van der Waals surface area contributed by atoms with Gasteiger partial charge in [-0.1, -0.05) is 43.0 Å². The Labute approximate surface area is 205 Å². The van der Waals surface area contributed by atoms with Crippen LogP contribution in [0, 0.1) is 0 Å². The molecule has 2 aromatic heterocycles. The lowest BCUT2D eigenvalue weighted by Crippen LogP contribution is -2.36. The number of ether oxygens (including phenoxy) is 2. The molecule has 5 rings (SSSR count). The zero-order chi connectivity index (χ0) is 23.8. The molecule has 0 unspecified atom stereocenters. The lowest BCUT2D eigenvalue weighted by molar-refractivity contribution is -0.123. The van der Waals surface area contributed by atoms with Gasteiger partial charge in [-0.05, 0) is 49.2 Å². The summed E-state index contributed by atoms with van der Waals surface area (Å²) < 4.78 is 12.8. The third-order valence-corrected chi connectivity index (χ3v) is 7.13. The van der Waals surface area contributed by atoms with E-state index in [0.717, 1.165) is 12.0 Å². The fourth-order valence-corrected chi connectivity index (χ4v) is 5.22. The molecule has 0 aliphatic carbocycles. The Hall–Kier alpha value is -3.37. The monoisotopic (exact) mass is 494 g/mol. The van der Waals surface area contributed by atoms with Crippen LogP contribution < -0.4 is 20.3 Å². The van der Waals surface area contributed by atoms with Gasteiger partial charge in [-0.25, -0.2) is 4.98 Å². The molecular weight excluding hydrogens is 472 g/mol. The Morgan fingerprint density at radius 1 is 1.24 bits per heavy atom. The van der Waals surface area contributed by atoms with Crippen molar-refractivity contribution in [2.45, 2.75) is 32.9 Å². The van der Waals surface area contributed by atoms with Gasteiger partial charge >= 0.3 is 0 Å². The summed E-state index contributed by atoms with van der Waals surface area (Å²) in [5, 5.41) is 3.27. The summed E-state index contributed by atoms with van der Waals surface area (Å²) in [6.45, 7) is 4.57. The number of anilines is 1. The van der Waals surface area contributed by atoms with Gasteiger partial charge in [0.1, 0.15) is 15.8 Å². The normalized spacial score (nSPS) is 17.1. The number of pyridine rings is 1. The van der Waals surface area contributed by atoms with Gasteiger partial charge in [-0.2, -0.15) is 0 Å². The predicted octanol–water partition coefficient (Wildman–Crippen LogP) is 4.04. The minimum atomic E-state index is -0.271. The van der Waals surface area contributed by atoms with E-state index in [1.165, 1.54) is 16.2 Å². The number of thioether (sulfide) groups is 1. The van der Waals surface area contributed by atoms with Gasteiger partial charge in [-0.15, -0.1) is 0 Å². The van der Waals surface area contributed by atoms with Crippen LogP contribution in [0.25, 0.3) is 11.7 Å². The molecule has 1 amide bonds. The number of thiocarbonyl (C=S) groups is 1. The topological polar surface area (TPSA) is 85.2 Å². The van der Waals surface area contributed by atoms with Gasteiger partial charge in [-0.3, -0.25) is 18.9 Å². The SMILES string of the molecule is CC[C@H](C)N1C(=O)/C(=C/c2c(NCc3ccc4c(c3)OCO4)nc3ccccn3c2=O)SC1=S. The van der Waals surface area contributed by atoms with Crippen molar-refractivity contribution in [1.29, 1.82) is 0 Å². The molecular formula is C24H22N4O4S2. The molecule has 4 heterocycles. The highest BCUT2D eigenvalue weighted by molar-refractivity contribution is 8.26. The summed E-state index contributed by atoms with van der Waals surface area (Å²) in [6.07, 6.45) is 4.04. The Morgan fingerprint density at radius 2 is 2.06 bits per heavy atom. The van der Waals surface area contributed by atoms with Crippen molar-refractivity contribution >= 4 is 51.7 Å². The minimum Gasteiger partial charge on any atom is -0.454 e. The van der Waals surface area contributed by atoms with Crippen molar-refractivity contribution in [1.82, 2.24) is 14.3 Å². The van der Waals surface area contributed by atoms with Crippen LogP contribution in [0.2, 0.25) is 0 Å². The van der Waals surface area contributed by atoms with E-state index in [1.807, 2.05) is 38.1 Å². The molecule has 174 valence electrons. The molecule has 2 aliphatic heterocycles. The highest BCUT2D eigenvalue weighted by Gasteiger charge is 2.35. The standard InChI is InChI=1S/C24H22N4O4S2/c1-3-14(2)28-23(30)19(34-24(28)33)11-16-21(26-20-6-4-5-9-27(20)22(16)29)25-12-15-7-8-17-18(10-15)32-13-31-17/h4-11,14,25H,3,12-13H2,1-2H3/b19-11-/t14-/m0/s1. The molecule has 8 nitrogen and oxygen atoms in total. The zero-order valence-electron chi connectivity index (χ0n) is 18.6. The molecule has 10 heteroatoms. The Kier molecular flexibility index (Phi) is 6.01. The van der Waals surface area contributed by atoms with Crippen molar-refractivity contribution in [2.75, 3.05) is 12.1 Å². The quantitative estimate of drug-likeness (QED) is 0.406. The second-order valence-corrected chi connectivity index (χ2v) is 9.63. The number of aromatic nitrogens is 2. The molecule has 1 N–H and O–H groups in total. The number of hydrogen-bond acceptors (Lipinski definition) is 8. The lowest BCUT2D eigenvalue weighted by atomic mass is 10.2. The largest absolute Gasteiger partial charge is 0.454 e.